The number of imidazole rings is 1. The minimum atomic E-state index is -0.151. The van der Waals surface area contributed by atoms with E-state index in [2.05, 4.69) is 27.5 Å². The van der Waals surface area contributed by atoms with Gasteiger partial charge in [-0.15, -0.1) is 0 Å². The zero-order chi connectivity index (χ0) is 13.8. The molecule has 19 heavy (non-hydrogen) atoms. The molecule has 2 rings (SSSR count). The van der Waals surface area contributed by atoms with Crippen molar-refractivity contribution in [1.29, 1.82) is 0 Å². The molecule has 0 bridgehead atoms. The summed E-state index contributed by atoms with van der Waals surface area (Å²) in [5.41, 5.74) is 0. The summed E-state index contributed by atoms with van der Waals surface area (Å²) in [5, 5.41) is 5.62. The molecule has 1 aliphatic carbocycles. The van der Waals surface area contributed by atoms with Crippen LogP contribution in [0.2, 0.25) is 0 Å². The number of nitrogens with one attached hydrogen (secondary N) is 3. The first-order valence-corrected chi connectivity index (χ1v) is 6.64. The molecule has 1 saturated carbocycles. The molecular formula is C13H20N4O2. The lowest BCUT2D eigenvalue weighted by Gasteiger charge is -2.11. The Balaban J connectivity index is 1.63. The number of rotatable bonds is 6. The molecule has 3 unspecified atom stereocenters. The predicted molar refractivity (Wildman–Crippen MR) is 70.0 cm³/mol. The van der Waals surface area contributed by atoms with Crippen LogP contribution in [0.3, 0.4) is 0 Å². The maximum Gasteiger partial charge on any atom is 0.223 e. The van der Waals surface area contributed by atoms with Gasteiger partial charge in [0.05, 0.1) is 6.04 Å². The molecule has 1 fully saturated rings. The van der Waals surface area contributed by atoms with Gasteiger partial charge in [0.25, 0.3) is 0 Å². The molecule has 6 heteroatoms. The number of nitrogens with zero attached hydrogens (tertiary/aromatic N) is 1. The molecule has 1 aliphatic rings. The summed E-state index contributed by atoms with van der Waals surface area (Å²) >= 11 is 0. The van der Waals surface area contributed by atoms with Crippen LogP contribution >= 0.6 is 0 Å². The van der Waals surface area contributed by atoms with Gasteiger partial charge in [-0.2, -0.15) is 0 Å². The SMILES string of the molecule is CC(NC(=O)CCNC(=O)C1CC1C)c1ncc[nH]1. The standard InChI is InChI=1S/C13H20N4O2/c1-8-7-10(8)13(19)16-4-3-11(18)17-9(2)12-14-5-6-15-12/h5-6,8-10H,3-4,7H2,1-2H3,(H,14,15)(H,16,19)(H,17,18). The van der Waals surface area contributed by atoms with Gasteiger partial charge in [-0.1, -0.05) is 6.92 Å². The van der Waals surface area contributed by atoms with Crippen molar-refractivity contribution in [2.75, 3.05) is 6.54 Å². The quantitative estimate of drug-likeness (QED) is 0.708. The monoisotopic (exact) mass is 264 g/mol. The van der Waals surface area contributed by atoms with E-state index in [0.29, 0.717) is 12.5 Å². The Kier molecular flexibility index (Phi) is 4.19. The summed E-state index contributed by atoms with van der Waals surface area (Å²) < 4.78 is 0. The van der Waals surface area contributed by atoms with Crippen LogP contribution in [0.15, 0.2) is 12.4 Å². The molecule has 0 radical (unpaired) electrons. The fourth-order valence-electron chi connectivity index (χ4n) is 2.01. The Morgan fingerprint density at radius 2 is 2.32 bits per heavy atom. The van der Waals surface area contributed by atoms with Gasteiger partial charge in [0, 0.05) is 31.3 Å². The van der Waals surface area contributed by atoms with E-state index >= 15 is 0 Å². The molecule has 0 saturated heterocycles. The lowest BCUT2D eigenvalue weighted by molar-refractivity contribution is -0.123. The third kappa shape index (κ3) is 3.81. The maximum absolute atomic E-state index is 11.7. The van der Waals surface area contributed by atoms with Gasteiger partial charge in [-0.3, -0.25) is 9.59 Å². The number of aromatic nitrogens is 2. The Labute approximate surface area is 112 Å². The molecule has 3 N–H and O–H groups in total. The summed E-state index contributed by atoms with van der Waals surface area (Å²) in [6.45, 7) is 4.31. The maximum atomic E-state index is 11.7. The highest BCUT2D eigenvalue weighted by molar-refractivity contribution is 5.82. The number of hydrogen-bond acceptors (Lipinski definition) is 3. The normalized spacial score (nSPS) is 22.6. The van der Waals surface area contributed by atoms with E-state index < -0.39 is 0 Å². The van der Waals surface area contributed by atoms with E-state index in [1.54, 1.807) is 12.4 Å². The van der Waals surface area contributed by atoms with Crippen molar-refractivity contribution in [2.24, 2.45) is 11.8 Å². The summed E-state index contributed by atoms with van der Waals surface area (Å²) in [6, 6.07) is -0.151. The second-order valence-electron chi connectivity index (χ2n) is 5.12. The van der Waals surface area contributed by atoms with Crippen molar-refractivity contribution in [3.63, 3.8) is 0 Å². The zero-order valence-corrected chi connectivity index (χ0v) is 11.3. The van der Waals surface area contributed by atoms with Crippen LogP contribution in [0.4, 0.5) is 0 Å². The van der Waals surface area contributed by atoms with Crippen LogP contribution in [0.1, 0.15) is 38.6 Å². The van der Waals surface area contributed by atoms with Crippen molar-refractivity contribution < 1.29 is 9.59 Å². The van der Waals surface area contributed by atoms with Crippen LogP contribution in [-0.4, -0.2) is 28.3 Å². The Morgan fingerprint density at radius 3 is 2.89 bits per heavy atom. The fraction of sp³-hybridized carbons (Fsp3) is 0.615. The van der Waals surface area contributed by atoms with Gasteiger partial charge in [0.1, 0.15) is 5.82 Å². The molecule has 104 valence electrons. The van der Waals surface area contributed by atoms with E-state index in [-0.39, 0.29) is 30.2 Å². The van der Waals surface area contributed by atoms with E-state index in [1.807, 2.05) is 6.92 Å². The highest BCUT2D eigenvalue weighted by Crippen LogP contribution is 2.37. The highest BCUT2D eigenvalue weighted by Gasteiger charge is 2.38. The zero-order valence-electron chi connectivity index (χ0n) is 11.3. The van der Waals surface area contributed by atoms with E-state index in [4.69, 9.17) is 0 Å². The minimum absolute atomic E-state index is 0.0689. The van der Waals surface area contributed by atoms with Crippen molar-refractivity contribution in [3.05, 3.63) is 18.2 Å². The third-order valence-corrected chi connectivity index (χ3v) is 3.40. The topological polar surface area (TPSA) is 86.9 Å². The summed E-state index contributed by atoms with van der Waals surface area (Å²) in [6.07, 6.45) is 4.62. The number of carbonyl (C=O) groups is 2. The first kappa shape index (κ1) is 13.6. The molecule has 6 nitrogen and oxygen atoms in total. The minimum Gasteiger partial charge on any atom is -0.355 e. The Hall–Kier alpha value is -1.85. The Bertz CT molecular complexity index is 444. The number of H-pyrrole nitrogens is 1. The molecule has 1 aromatic rings. The molecule has 1 aromatic heterocycles. The molecule has 0 aliphatic heterocycles. The first-order chi connectivity index (χ1) is 9.08. The molecule has 2 amide bonds. The van der Waals surface area contributed by atoms with E-state index in [9.17, 15) is 9.59 Å². The van der Waals surface area contributed by atoms with Gasteiger partial charge < -0.3 is 15.6 Å². The number of carbonyl (C=O) groups excluding carboxylic acids is 2. The highest BCUT2D eigenvalue weighted by atomic mass is 16.2. The predicted octanol–water partition coefficient (Wildman–Crippen LogP) is 0.749. The molecule has 0 aromatic carbocycles. The number of hydrogen-bond donors (Lipinski definition) is 3. The van der Waals surface area contributed by atoms with Crippen molar-refractivity contribution in [2.45, 2.75) is 32.7 Å². The van der Waals surface area contributed by atoms with Gasteiger partial charge >= 0.3 is 0 Å². The fourth-order valence-corrected chi connectivity index (χ4v) is 2.01. The number of aromatic amines is 1. The molecule has 3 atom stereocenters. The van der Waals surface area contributed by atoms with Crippen LogP contribution < -0.4 is 10.6 Å². The van der Waals surface area contributed by atoms with Gasteiger partial charge in [-0.05, 0) is 19.3 Å². The van der Waals surface area contributed by atoms with Crippen LogP contribution in [-0.2, 0) is 9.59 Å². The van der Waals surface area contributed by atoms with Crippen LogP contribution in [0.25, 0.3) is 0 Å². The first-order valence-electron chi connectivity index (χ1n) is 6.64. The lowest BCUT2D eigenvalue weighted by atomic mass is 10.3. The van der Waals surface area contributed by atoms with Crippen LogP contribution in [0, 0.1) is 11.8 Å². The number of amides is 2. The van der Waals surface area contributed by atoms with Crippen molar-refractivity contribution >= 4 is 11.8 Å². The van der Waals surface area contributed by atoms with E-state index in [0.717, 1.165) is 12.2 Å². The smallest absolute Gasteiger partial charge is 0.223 e. The van der Waals surface area contributed by atoms with Crippen molar-refractivity contribution in [3.8, 4) is 0 Å². The Morgan fingerprint density at radius 1 is 1.58 bits per heavy atom. The average molecular weight is 264 g/mol. The molecule has 1 heterocycles. The molecule has 0 spiro atoms. The largest absolute Gasteiger partial charge is 0.355 e. The summed E-state index contributed by atoms with van der Waals surface area (Å²) in [7, 11) is 0. The second kappa shape index (κ2) is 5.86. The van der Waals surface area contributed by atoms with E-state index in [1.165, 1.54) is 0 Å². The van der Waals surface area contributed by atoms with Crippen molar-refractivity contribution in [1.82, 2.24) is 20.6 Å². The van der Waals surface area contributed by atoms with Gasteiger partial charge in [-0.25, -0.2) is 4.98 Å². The third-order valence-electron chi connectivity index (χ3n) is 3.40. The molecular weight excluding hydrogens is 244 g/mol. The van der Waals surface area contributed by atoms with Gasteiger partial charge in [0.15, 0.2) is 0 Å². The second-order valence-corrected chi connectivity index (χ2v) is 5.12. The summed E-state index contributed by atoms with van der Waals surface area (Å²) in [4.78, 5) is 30.3. The average Bonchev–Trinajstić information content (AvgIpc) is 2.89. The van der Waals surface area contributed by atoms with Crippen LogP contribution in [0.5, 0.6) is 0 Å². The van der Waals surface area contributed by atoms with Gasteiger partial charge in [0.2, 0.25) is 11.8 Å². The summed E-state index contributed by atoms with van der Waals surface area (Å²) in [5.74, 6) is 1.36. The lowest BCUT2D eigenvalue weighted by Crippen LogP contribution is -2.33.